The van der Waals surface area contributed by atoms with Crippen LogP contribution in [0.2, 0.25) is 0 Å². The van der Waals surface area contributed by atoms with Crippen molar-refractivity contribution in [3.05, 3.63) is 50.3 Å². The molecule has 2 unspecified atom stereocenters. The van der Waals surface area contributed by atoms with Gasteiger partial charge in [0.25, 0.3) is 5.91 Å². The Morgan fingerprint density at radius 3 is 2.83 bits per heavy atom. The predicted octanol–water partition coefficient (Wildman–Crippen LogP) is 1.45. The van der Waals surface area contributed by atoms with E-state index in [4.69, 9.17) is 0 Å². The third-order valence-electron chi connectivity index (χ3n) is 3.85. The van der Waals surface area contributed by atoms with Gasteiger partial charge in [0.05, 0.1) is 27.2 Å². The van der Waals surface area contributed by atoms with Crippen LogP contribution in [0.4, 0.5) is 0 Å². The minimum atomic E-state index is -0.910. The van der Waals surface area contributed by atoms with E-state index < -0.39 is 33.6 Å². The molecule has 0 saturated carbocycles. The van der Waals surface area contributed by atoms with Crippen LogP contribution in [0, 0.1) is 16.0 Å². The third-order valence-corrected chi connectivity index (χ3v) is 5.14. The largest absolute Gasteiger partial charge is 0.352 e. The molecule has 0 aromatic carbocycles. The van der Waals surface area contributed by atoms with Crippen molar-refractivity contribution >= 4 is 29.2 Å². The van der Waals surface area contributed by atoms with E-state index >= 15 is 0 Å². The minimum absolute atomic E-state index is 0.0390. The lowest BCUT2D eigenvalue weighted by atomic mass is 9.82. The molecule has 0 saturated heterocycles. The van der Waals surface area contributed by atoms with Crippen LogP contribution in [-0.2, 0) is 0 Å². The zero-order chi connectivity index (χ0) is 17.4. The number of thioether (sulfide) groups is 1. The van der Waals surface area contributed by atoms with E-state index in [0.717, 1.165) is 18.2 Å². The average Bonchev–Trinajstić information content (AvgIpc) is 3.03. The van der Waals surface area contributed by atoms with Gasteiger partial charge in [-0.15, -0.1) is 0 Å². The van der Waals surface area contributed by atoms with Crippen molar-refractivity contribution < 1.29 is 19.3 Å². The number of nitro groups is 1. The highest BCUT2D eigenvalue weighted by molar-refractivity contribution is 8.04. The second-order valence-corrected chi connectivity index (χ2v) is 6.55. The molecule has 1 N–H and O–H groups in total. The molecule has 1 aromatic heterocycles. The van der Waals surface area contributed by atoms with Crippen LogP contribution in [0.25, 0.3) is 0 Å². The van der Waals surface area contributed by atoms with E-state index in [0.29, 0.717) is 6.54 Å². The topological polar surface area (TPSA) is 119 Å². The van der Waals surface area contributed by atoms with Crippen LogP contribution in [0.1, 0.15) is 44.5 Å². The number of pyridine rings is 1. The maximum absolute atomic E-state index is 12.8. The summed E-state index contributed by atoms with van der Waals surface area (Å²) in [5.41, 5.74) is -0.0462. The summed E-state index contributed by atoms with van der Waals surface area (Å²) >= 11 is 0.749. The molecule has 0 radical (unpaired) electrons. The van der Waals surface area contributed by atoms with Gasteiger partial charge in [-0.1, -0.05) is 6.92 Å². The quantitative estimate of drug-likeness (QED) is 0.646. The van der Waals surface area contributed by atoms with E-state index in [-0.39, 0.29) is 21.8 Å². The Morgan fingerprint density at radius 1 is 1.42 bits per heavy atom. The van der Waals surface area contributed by atoms with Crippen molar-refractivity contribution in [1.82, 2.24) is 10.3 Å². The second-order valence-electron chi connectivity index (χ2n) is 5.39. The van der Waals surface area contributed by atoms with Gasteiger partial charge in [-0.3, -0.25) is 29.5 Å². The van der Waals surface area contributed by atoms with Crippen molar-refractivity contribution in [3.8, 4) is 0 Å². The molecule has 8 nitrogen and oxygen atoms in total. The van der Waals surface area contributed by atoms with Gasteiger partial charge in [0.1, 0.15) is 5.69 Å². The number of hydrogen-bond donors (Lipinski definition) is 1. The highest BCUT2D eigenvalue weighted by Crippen LogP contribution is 2.43. The molecule has 1 aliphatic carbocycles. The first kappa shape index (κ1) is 16.3. The van der Waals surface area contributed by atoms with Crippen LogP contribution >= 0.6 is 11.8 Å². The molecule has 2 aliphatic rings. The normalized spacial score (nSPS) is 21.8. The molecule has 9 heteroatoms. The zero-order valence-corrected chi connectivity index (χ0v) is 13.5. The SMILES string of the molecule is CCCNC(=O)c1ccnc2c1C(=O)C1SC([N+](=O)[O-])=CC1C2=O. The van der Waals surface area contributed by atoms with E-state index in [1.165, 1.54) is 18.3 Å². The number of rotatable bonds is 4. The molecule has 1 aliphatic heterocycles. The molecule has 2 heterocycles. The summed E-state index contributed by atoms with van der Waals surface area (Å²) in [5, 5.41) is 12.5. The number of carbonyl (C=O) groups excluding carboxylic acids is 3. The van der Waals surface area contributed by atoms with E-state index in [2.05, 4.69) is 10.3 Å². The summed E-state index contributed by atoms with van der Waals surface area (Å²) in [6.45, 7) is 2.33. The standard InChI is InChI=1S/C15H13N3O5S/c1-2-4-17-15(21)7-3-5-16-11-10(7)13(20)14-8(12(11)19)6-9(24-14)18(22)23/h3,5-6,8,14H,2,4H2,1H3,(H,17,21). The van der Waals surface area contributed by atoms with Gasteiger partial charge in [-0.25, -0.2) is 0 Å². The summed E-state index contributed by atoms with van der Waals surface area (Å²) in [5.74, 6) is -2.30. The van der Waals surface area contributed by atoms with Crippen LogP contribution in [-0.4, -0.2) is 39.2 Å². The average molecular weight is 347 g/mol. The maximum atomic E-state index is 12.8. The van der Waals surface area contributed by atoms with Gasteiger partial charge in [0.2, 0.25) is 0 Å². The number of aromatic nitrogens is 1. The van der Waals surface area contributed by atoms with Gasteiger partial charge in [-0.05, 0) is 24.2 Å². The van der Waals surface area contributed by atoms with Crippen molar-refractivity contribution in [2.24, 2.45) is 5.92 Å². The zero-order valence-electron chi connectivity index (χ0n) is 12.6. The number of nitrogens with one attached hydrogen (secondary N) is 1. The minimum Gasteiger partial charge on any atom is -0.352 e. The fourth-order valence-electron chi connectivity index (χ4n) is 2.74. The number of nitrogens with zero attached hydrogens (tertiary/aromatic N) is 2. The molecule has 24 heavy (non-hydrogen) atoms. The Bertz CT molecular complexity index is 804. The maximum Gasteiger partial charge on any atom is 0.300 e. The lowest BCUT2D eigenvalue weighted by Crippen LogP contribution is -2.39. The third kappa shape index (κ3) is 2.50. The monoisotopic (exact) mass is 347 g/mol. The van der Waals surface area contributed by atoms with Gasteiger partial charge in [-0.2, -0.15) is 0 Å². The highest BCUT2D eigenvalue weighted by Gasteiger charge is 2.49. The molecule has 0 fully saturated rings. The van der Waals surface area contributed by atoms with Crippen LogP contribution in [0.3, 0.4) is 0 Å². The molecular weight excluding hydrogens is 334 g/mol. The number of allylic oxidation sites excluding steroid dienone is 1. The number of hydrogen-bond acceptors (Lipinski definition) is 7. The van der Waals surface area contributed by atoms with Crippen LogP contribution in [0.15, 0.2) is 23.4 Å². The fourth-order valence-corrected chi connectivity index (χ4v) is 3.88. The van der Waals surface area contributed by atoms with Gasteiger partial charge >= 0.3 is 5.03 Å². The summed E-state index contributed by atoms with van der Waals surface area (Å²) in [6.07, 6.45) is 3.22. The molecular formula is C15H13N3O5S. The lowest BCUT2D eigenvalue weighted by Gasteiger charge is -2.24. The van der Waals surface area contributed by atoms with Crippen molar-refractivity contribution in [3.63, 3.8) is 0 Å². The second kappa shape index (κ2) is 6.16. The first-order valence-corrected chi connectivity index (χ1v) is 8.22. The number of carbonyl (C=O) groups is 3. The molecule has 3 rings (SSSR count). The lowest BCUT2D eigenvalue weighted by molar-refractivity contribution is -0.410. The summed E-state index contributed by atoms with van der Waals surface area (Å²) in [4.78, 5) is 51.9. The van der Waals surface area contributed by atoms with Gasteiger partial charge in [0, 0.05) is 18.8 Å². The number of Topliss-reactive ketones (excluding diaryl/α,β-unsaturated/α-hetero) is 2. The van der Waals surface area contributed by atoms with Crippen molar-refractivity contribution in [2.45, 2.75) is 18.6 Å². The molecule has 1 amide bonds. The Balaban J connectivity index is 2.04. The van der Waals surface area contributed by atoms with E-state index in [1.54, 1.807) is 0 Å². The predicted molar refractivity (Wildman–Crippen MR) is 85.5 cm³/mol. The van der Waals surface area contributed by atoms with E-state index in [1.807, 2.05) is 6.92 Å². The summed E-state index contributed by atoms with van der Waals surface area (Å²) in [7, 11) is 0. The van der Waals surface area contributed by atoms with Crippen LogP contribution in [0.5, 0.6) is 0 Å². The Labute approximate surface area is 140 Å². The first-order chi connectivity index (χ1) is 11.5. The number of fused-ring (bicyclic) bond motifs is 2. The Kier molecular flexibility index (Phi) is 4.18. The molecule has 1 aromatic rings. The van der Waals surface area contributed by atoms with Crippen LogP contribution < -0.4 is 5.32 Å². The highest BCUT2D eigenvalue weighted by atomic mass is 32.2. The molecule has 2 atom stereocenters. The molecule has 0 bridgehead atoms. The first-order valence-electron chi connectivity index (χ1n) is 7.34. The van der Waals surface area contributed by atoms with Crippen molar-refractivity contribution in [1.29, 1.82) is 0 Å². The smallest absolute Gasteiger partial charge is 0.300 e. The summed E-state index contributed by atoms with van der Waals surface area (Å²) in [6, 6.07) is 1.39. The number of amides is 1. The van der Waals surface area contributed by atoms with Gasteiger partial charge < -0.3 is 5.32 Å². The van der Waals surface area contributed by atoms with E-state index in [9.17, 15) is 24.5 Å². The molecule has 124 valence electrons. The number of ketones is 2. The Hall–Kier alpha value is -2.55. The van der Waals surface area contributed by atoms with Crippen molar-refractivity contribution in [2.75, 3.05) is 6.54 Å². The summed E-state index contributed by atoms with van der Waals surface area (Å²) < 4.78 is 0. The van der Waals surface area contributed by atoms with Gasteiger partial charge in [0.15, 0.2) is 11.6 Å². The Morgan fingerprint density at radius 2 is 2.17 bits per heavy atom. The fraction of sp³-hybridized carbons (Fsp3) is 0.333. The molecule has 0 spiro atoms.